The van der Waals surface area contributed by atoms with Crippen molar-refractivity contribution < 1.29 is 9.59 Å². The summed E-state index contributed by atoms with van der Waals surface area (Å²) < 4.78 is 0. The van der Waals surface area contributed by atoms with Crippen molar-refractivity contribution in [3.63, 3.8) is 0 Å². The number of anilines is 1. The second-order valence-corrected chi connectivity index (χ2v) is 6.08. The summed E-state index contributed by atoms with van der Waals surface area (Å²) in [5.41, 5.74) is 0.920. The van der Waals surface area contributed by atoms with Gasteiger partial charge in [0.25, 0.3) is 0 Å². The van der Waals surface area contributed by atoms with Crippen LogP contribution in [0.1, 0.15) is 19.8 Å². The Balaban J connectivity index is 1.63. The molecule has 3 rings (SSSR count). The number of carbonyl (C=O) groups is 2. The zero-order valence-electron chi connectivity index (χ0n) is 14.4. The van der Waals surface area contributed by atoms with E-state index < -0.39 is 0 Å². The van der Waals surface area contributed by atoms with Crippen LogP contribution in [0.5, 0.6) is 0 Å². The average Bonchev–Trinajstić information content (AvgIpc) is 2.66. The van der Waals surface area contributed by atoms with Crippen LogP contribution in [0.2, 0.25) is 0 Å². The van der Waals surface area contributed by atoms with Crippen LogP contribution < -0.4 is 4.90 Å². The van der Waals surface area contributed by atoms with Gasteiger partial charge >= 0.3 is 0 Å². The number of benzene rings is 1. The zero-order valence-corrected chi connectivity index (χ0v) is 14.4. The molecule has 0 radical (unpaired) electrons. The molecule has 2 aromatic rings. The molecule has 1 fully saturated rings. The summed E-state index contributed by atoms with van der Waals surface area (Å²) in [6.07, 6.45) is 5.66. The summed E-state index contributed by atoms with van der Waals surface area (Å²) in [4.78, 5) is 36.4. The van der Waals surface area contributed by atoms with E-state index in [9.17, 15) is 9.59 Å². The Morgan fingerprint density at radius 3 is 2.60 bits per heavy atom. The highest BCUT2D eigenvalue weighted by Gasteiger charge is 2.22. The molecule has 1 amide bonds. The number of allylic oxidation sites excluding steroid dienone is 1. The maximum atomic E-state index is 12.2. The van der Waals surface area contributed by atoms with Crippen molar-refractivity contribution in [2.24, 2.45) is 0 Å². The van der Waals surface area contributed by atoms with Gasteiger partial charge in [-0.1, -0.05) is 19.1 Å². The van der Waals surface area contributed by atoms with Gasteiger partial charge in [-0.2, -0.15) is 0 Å². The van der Waals surface area contributed by atoms with Crippen LogP contribution in [0.15, 0.2) is 42.7 Å². The largest absolute Gasteiger partial charge is 0.352 e. The van der Waals surface area contributed by atoms with E-state index in [1.54, 1.807) is 11.2 Å². The third-order valence-corrected chi connectivity index (χ3v) is 4.32. The van der Waals surface area contributed by atoms with Crippen molar-refractivity contribution in [3.05, 3.63) is 42.7 Å². The van der Waals surface area contributed by atoms with Gasteiger partial charge in [0.2, 0.25) is 5.91 Å². The molecular weight excluding hydrogens is 316 g/mol. The lowest BCUT2D eigenvalue weighted by molar-refractivity contribution is -0.126. The standard InChI is InChI=1S/C19H22N4O2/c1-2-5-15(24)8-9-18(25)22-10-12-23(13-11-22)19-16-6-3-4-7-17(16)20-14-21-19/h3-4,6-9,14H,2,5,10-13H2,1H3. The second kappa shape index (κ2) is 7.88. The molecule has 130 valence electrons. The van der Waals surface area contributed by atoms with Crippen molar-refractivity contribution in [2.75, 3.05) is 31.1 Å². The summed E-state index contributed by atoms with van der Waals surface area (Å²) in [6, 6.07) is 7.93. The smallest absolute Gasteiger partial charge is 0.246 e. The lowest BCUT2D eigenvalue weighted by atomic mass is 10.2. The summed E-state index contributed by atoms with van der Waals surface area (Å²) in [5.74, 6) is 0.810. The maximum absolute atomic E-state index is 12.2. The molecule has 2 heterocycles. The van der Waals surface area contributed by atoms with E-state index in [1.165, 1.54) is 12.2 Å². The Bertz CT molecular complexity index is 790. The van der Waals surface area contributed by atoms with Gasteiger partial charge in [-0.3, -0.25) is 9.59 Å². The first-order valence-corrected chi connectivity index (χ1v) is 8.63. The number of amides is 1. The third-order valence-electron chi connectivity index (χ3n) is 4.32. The van der Waals surface area contributed by atoms with Crippen LogP contribution in [0, 0.1) is 0 Å². The predicted octanol–water partition coefficient (Wildman–Crippen LogP) is 2.20. The normalized spacial score (nSPS) is 15.1. The van der Waals surface area contributed by atoms with Crippen LogP contribution in [0.3, 0.4) is 0 Å². The maximum Gasteiger partial charge on any atom is 0.246 e. The number of rotatable bonds is 5. The van der Waals surface area contributed by atoms with E-state index >= 15 is 0 Å². The minimum atomic E-state index is -0.100. The van der Waals surface area contributed by atoms with Gasteiger partial charge in [0.1, 0.15) is 12.1 Å². The number of hydrogen-bond acceptors (Lipinski definition) is 5. The van der Waals surface area contributed by atoms with Gasteiger partial charge in [-0.25, -0.2) is 9.97 Å². The Labute approximate surface area is 147 Å². The van der Waals surface area contributed by atoms with E-state index in [4.69, 9.17) is 0 Å². The Morgan fingerprint density at radius 2 is 1.84 bits per heavy atom. The molecule has 6 nitrogen and oxygen atoms in total. The van der Waals surface area contributed by atoms with Crippen LogP contribution >= 0.6 is 0 Å². The summed E-state index contributed by atoms with van der Waals surface area (Å²) >= 11 is 0. The highest BCUT2D eigenvalue weighted by Crippen LogP contribution is 2.23. The van der Waals surface area contributed by atoms with Crippen molar-refractivity contribution in [2.45, 2.75) is 19.8 Å². The first kappa shape index (κ1) is 17.1. The quantitative estimate of drug-likeness (QED) is 0.782. The molecule has 0 saturated carbocycles. The molecule has 1 aromatic carbocycles. The van der Waals surface area contributed by atoms with Crippen LogP contribution in [0.25, 0.3) is 10.9 Å². The molecule has 0 N–H and O–H groups in total. The molecule has 1 aromatic heterocycles. The van der Waals surface area contributed by atoms with Crippen LogP contribution in [-0.4, -0.2) is 52.7 Å². The Morgan fingerprint density at radius 1 is 1.08 bits per heavy atom. The fourth-order valence-corrected chi connectivity index (χ4v) is 2.98. The Kier molecular flexibility index (Phi) is 5.38. The monoisotopic (exact) mass is 338 g/mol. The molecule has 1 saturated heterocycles. The molecule has 1 aliphatic rings. The van der Waals surface area contributed by atoms with Crippen molar-refractivity contribution in [1.82, 2.24) is 14.9 Å². The number of piperazine rings is 1. The highest BCUT2D eigenvalue weighted by molar-refractivity contribution is 5.97. The topological polar surface area (TPSA) is 66.4 Å². The van der Waals surface area contributed by atoms with Gasteiger partial charge in [0.15, 0.2) is 5.78 Å². The summed E-state index contributed by atoms with van der Waals surface area (Å²) in [6.45, 7) is 4.60. The molecule has 0 bridgehead atoms. The number of nitrogens with zero attached hydrogens (tertiary/aromatic N) is 4. The predicted molar refractivity (Wildman–Crippen MR) is 97.4 cm³/mol. The van der Waals surface area contributed by atoms with Gasteiger partial charge < -0.3 is 9.80 Å². The number of aromatic nitrogens is 2. The SMILES string of the molecule is CCCC(=O)C=CC(=O)N1CCN(c2ncnc3ccccc23)CC1. The average molecular weight is 338 g/mol. The number of ketones is 1. The first-order valence-electron chi connectivity index (χ1n) is 8.63. The first-order chi connectivity index (χ1) is 12.2. The molecule has 25 heavy (non-hydrogen) atoms. The second-order valence-electron chi connectivity index (χ2n) is 6.08. The molecule has 1 aliphatic heterocycles. The van der Waals surface area contributed by atoms with E-state index in [0.717, 1.165) is 23.1 Å². The van der Waals surface area contributed by atoms with Gasteiger partial charge in [0.05, 0.1) is 5.52 Å². The number of carbonyl (C=O) groups excluding carboxylic acids is 2. The number of para-hydroxylation sites is 1. The van der Waals surface area contributed by atoms with Gasteiger partial charge in [0, 0.05) is 44.1 Å². The summed E-state index contributed by atoms with van der Waals surface area (Å²) in [5, 5.41) is 1.02. The molecular formula is C19H22N4O2. The van der Waals surface area contributed by atoms with Crippen LogP contribution in [0.4, 0.5) is 5.82 Å². The molecule has 0 aliphatic carbocycles. The fourth-order valence-electron chi connectivity index (χ4n) is 2.98. The van der Waals surface area contributed by atoms with Crippen molar-refractivity contribution >= 4 is 28.4 Å². The van der Waals surface area contributed by atoms with E-state index in [1.807, 2.05) is 31.2 Å². The highest BCUT2D eigenvalue weighted by atomic mass is 16.2. The Hall–Kier alpha value is -2.76. The lowest BCUT2D eigenvalue weighted by Crippen LogP contribution is -2.48. The third kappa shape index (κ3) is 4.02. The van der Waals surface area contributed by atoms with E-state index in [0.29, 0.717) is 32.6 Å². The molecule has 0 atom stereocenters. The fraction of sp³-hybridized carbons (Fsp3) is 0.368. The minimum absolute atomic E-state index is 0.00180. The van der Waals surface area contributed by atoms with Gasteiger partial charge in [-0.05, 0) is 24.6 Å². The molecule has 0 unspecified atom stereocenters. The lowest BCUT2D eigenvalue weighted by Gasteiger charge is -2.35. The van der Waals surface area contributed by atoms with Crippen LogP contribution in [-0.2, 0) is 9.59 Å². The van der Waals surface area contributed by atoms with Gasteiger partial charge in [-0.15, -0.1) is 0 Å². The van der Waals surface area contributed by atoms with Crippen molar-refractivity contribution in [1.29, 1.82) is 0 Å². The van der Waals surface area contributed by atoms with E-state index in [-0.39, 0.29) is 11.7 Å². The zero-order chi connectivity index (χ0) is 17.6. The van der Waals surface area contributed by atoms with E-state index in [2.05, 4.69) is 14.9 Å². The molecule has 6 heteroatoms. The number of fused-ring (bicyclic) bond motifs is 1. The molecule has 0 spiro atoms. The number of hydrogen-bond donors (Lipinski definition) is 0. The summed E-state index contributed by atoms with van der Waals surface area (Å²) in [7, 11) is 0. The van der Waals surface area contributed by atoms with Crippen molar-refractivity contribution in [3.8, 4) is 0 Å². The minimum Gasteiger partial charge on any atom is -0.352 e.